The first-order valence-electron chi connectivity index (χ1n) is 5.24. The SMILES string of the molecule is COC(=O)c1ccc(C#C[Si](C)(C)C)c(Cl)c1. The van der Waals surface area contributed by atoms with E-state index in [1.807, 2.05) is 0 Å². The molecule has 0 fully saturated rings. The molecule has 0 radical (unpaired) electrons. The van der Waals surface area contributed by atoms with E-state index in [0.29, 0.717) is 10.6 Å². The Balaban J connectivity index is 3.05. The fourth-order valence-electron chi connectivity index (χ4n) is 1.12. The molecule has 0 amide bonds. The standard InChI is InChI=1S/C13H15ClO2Si/c1-16-13(15)11-6-5-10(12(14)9-11)7-8-17(2,3)4/h5-6,9H,1-4H3. The lowest BCUT2D eigenvalue weighted by Gasteiger charge is -2.04. The first-order valence-corrected chi connectivity index (χ1v) is 9.12. The summed E-state index contributed by atoms with van der Waals surface area (Å²) in [5.74, 6) is 2.67. The number of methoxy groups -OCH3 is 1. The van der Waals surface area contributed by atoms with E-state index in [4.69, 9.17) is 11.6 Å². The van der Waals surface area contributed by atoms with Gasteiger partial charge in [0.15, 0.2) is 0 Å². The van der Waals surface area contributed by atoms with E-state index in [-0.39, 0.29) is 0 Å². The molecule has 0 saturated heterocycles. The zero-order valence-corrected chi connectivity index (χ0v) is 12.2. The Labute approximate surface area is 108 Å². The minimum Gasteiger partial charge on any atom is -0.465 e. The van der Waals surface area contributed by atoms with Crippen molar-refractivity contribution < 1.29 is 9.53 Å². The van der Waals surface area contributed by atoms with Crippen LogP contribution in [-0.4, -0.2) is 21.2 Å². The maximum Gasteiger partial charge on any atom is 0.337 e. The Bertz CT molecular complexity index is 492. The van der Waals surface area contributed by atoms with Crippen LogP contribution in [0.1, 0.15) is 15.9 Å². The second-order valence-corrected chi connectivity index (χ2v) is 9.84. The molecule has 0 aliphatic heterocycles. The fourth-order valence-corrected chi connectivity index (χ4v) is 1.85. The summed E-state index contributed by atoms with van der Waals surface area (Å²) in [6.45, 7) is 6.49. The van der Waals surface area contributed by atoms with Crippen LogP contribution in [0.2, 0.25) is 24.7 Å². The summed E-state index contributed by atoms with van der Waals surface area (Å²) in [6.07, 6.45) is 0. The van der Waals surface area contributed by atoms with Crippen LogP contribution in [-0.2, 0) is 4.74 Å². The number of esters is 1. The van der Waals surface area contributed by atoms with Gasteiger partial charge in [-0.05, 0) is 18.2 Å². The molecule has 1 aromatic rings. The Morgan fingerprint density at radius 1 is 1.35 bits per heavy atom. The Hall–Kier alpha value is -1.24. The molecule has 0 heterocycles. The number of halogens is 1. The van der Waals surface area contributed by atoms with Crippen molar-refractivity contribution in [1.82, 2.24) is 0 Å². The average molecular weight is 267 g/mol. The van der Waals surface area contributed by atoms with E-state index in [2.05, 4.69) is 35.8 Å². The first kappa shape index (κ1) is 13.8. The van der Waals surface area contributed by atoms with Gasteiger partial charge in [-0.1, -0.05) is 37.2 Å². The summed E-state index contributed by atoms with van der Waals surface area (Å²) in [5, 5.41) is 0.485. The van der Waals surface area contributed by atoms with Gasteiger partial charge in [-0.25, -0.2) is 4.79 Å². The van der Waals surface area contributed by atoms with Crippen molar-refractivity contribution in [3.63, 3.8) is 0 Å². The summed E-state index contributed by atoms with van der Waals surface area (Å²) in [7, 11) is -0.0742. The zero-order chi connectivity index (χ0) is 13.1. The summed E-state index contributed by atoms with van der Waals surface area (Å²) in [4.78, 5) is 11.3. The minimum atomic E-state index is -1.42. The molecular formula is C13H15ClO2Si. The Morgan fingerprint density at radius 2 is 2.00 bits per heavy atom. The quantitative estimate of drug-likeness (QED) is 0.443. The van der Waals surface area contributed by atoms with Gasteiger partial charge in [0.1, 0.15) is 8.07 Å². The molecule has 4 heteroatoms. The molecule has 17 heavy (non-hydrogen) atoms. The van der Waals surface area contributed by atoms with Crippen molar-refractivity contribution in [2.24, 2.45) is 0 Å². The predicted molar refractivity (Wildman–Crippen MR) is 73.0 cm³/mol. The molecular weight excluding hydrogens is 252 g/mol. The normalized spacial score (nSPS) is 10.4. The van der Waals surface area contributed by atoms with Gasteiger partial charge in [0, 0.05) is 5.56 Å². The molecule has 0 aliphatic carbocycles. The molecule has 0 aliphatic rings. The van der Waals surface area contributed by atoms with Crippen LogP contribution in [0, 0.1) is 11.5 Å². The largest absolute Gasteiger partial charge is 0.465 e. The molecule has 0 aromatic heterocycles. The minimum absolute atomic E-state index is 0.392. The smallest absolute Gasteiger partial charge is 0.337 e. The second kappa shape index (κ2) is 5.39. The molecule has 2 nitrogen and oxygen atoms in total. The molecule has 0 spiro atoms. The molecule has 1 aromatic carbocycles. The van der Waals surface area contributed by atoms with Crippen LogP contribution >= 0.6 is 11.6 Å². The highest BCUT2D eigenvalue weighted by Gasteiger charge is 2.10. The van der Waals surface area contributed by atoms with Crippen LogP contribution in [0.15, 0.2) is 18.2 Å². The van der Waals surface area contributed by atoms with Crippen LogP contribution < -0.4 is 0 Å². The van der Waals surface area contributed by atoms with Crippen LogP contribution in [0.5, 0.6) is 0 Å². The van der Waals surface area contributed by atoms with Gasteiger partial charge >= 0.3 is 5.97 Å². The lowest BCUT2D eigenvalue weighted by Crippen LogP contribution is -2.16. The van der Waals surface area contributed by atoms with Crippen LogP contribution in [0.25, 0.3) is 0 Å². The van der Waals surface area contributed by atoms with E-state index < -0.39 is 14.0 Å². The fraction of sp³-hybridized carbons (Fsp3) is 0.308. The van der Waals surface area contributed by atoms with Crippen molar-refractivity contribution in [2.75, 3.05) is 7.11 Å². The molecule has 0 atom stereocenters. The predicted octanol–water partition coefficient (Wildman–Crippen LogP) is 3.36. The topological polar surface area (TPSA) is 26.3 Å². The number of hydrogen-bond donors (Lipinski definition) is 0. The number of carbonyl (C=O) groups is 1. The van der Waals surface area contributed by atoms with Crippen molar-refractivity contribution >= 4 is 25.6 Å². The van der Waals surface area contributed by atoms with Crippen LogP contribution in [0.3, 0.4) is 0 Å². The van der Waals surface area contributed by atoms with E-state index in [0.717, 1.165) is 5.56 Å². The third kappa shape index (κ3) is 4.26. The lowest BCUT2D eigenvalue weighted by molar-refractivity contribution is 0.0600. The maximum absolute atomic E-state index is 11.3. The highest BCUT2D eigenvalue weighted by molar-refractivity contribution is 6.83. The number of ether oxygens (including phenoxy) is 1. The van der Waals surface area contributed by atoms with Crippen molar-refractivity contribution in [2.45, 2.75) is 19.6 Å². The van der Waals surface area contributed by atoms with Crippen LogP contribution in [0.4, 0.5) is 0 Å². The summed E-state index contributed by atoms with van der Waals surface area (Å²) in [5.41, 5.74) is 4.42. The van der Waals surface area contributed by atoms with E-state index >= 15 is 0 Å². The second-order valence-electron chi connectivity index (χ2n) is 4.69. The van der Waals surface area contributed by atoms with Gasteiger partial charge in [-0.15, -0.1) is 5.54 Å². The van der Waals surface area contributed by atoms with Crippen molar-refractivity contribution in [1.29, 1.82) is 0 Å². The first-order chi connectivity index (χ1) is 7.83. The molecule has 0 bridgehead atoms. The van der Waals surface area contributed by atoms with E-state index in [1.54, 1.807) is 18.2 Å². The Morgan fingerprint density at radius 3 is 2.47 bits per heavy atom. The summed E-state index contributed by atoms with van der Waals surface area (Å²) < 4.78 is 4.62. The van der Waals surface area contributed by atoms with Gasteiger partial charge in [0.25, 0.3) is 0 Å². The number of hydrogen-bond acceptors (Lipinski definition) is 2. The van der Waals surface area contributed by atoms with Gasteiger partial charge in [-0.3, -0.25) is 0 Å². The zero-order valence-electron chi connectivity index (χ0n) is 10.4. The molecule has 0 unspecified atom stereocenters. The lowest BCUT2D eigenvalue weighted by atomic mass is 10.1. The van der Waals surface area contributed by atoms with Gasteiger partial charge in [-0.2, -0.15) is 0 Å². The molecule has 1 rings (SSSR count). The average Bonchev–Trinajstić information content (AvgIpc) is 2.25. The highest BCUT2D eigenvalue weighted by Crippen LogP contribution is 2.17. The summed E-state index contributed by atoms with van der Waals surface area (Å²) in [6, 6.07) is 5.01. The third-order valence-corrected chi connectivity index (χ3v) is 3.15. The highest BCUT2D eigenvalue weighted by atomic mass is 35.5. The van der Waals surface area contributed by atoms with Gasteiger partial charge in [0.2, 0.25) is 0 Å². The monoisotopic (exact) mass is 266 g/mol. The Kier molecular flexibility index (Phi) is 4.38. The van der Waals surface area contributed by atoms with Crippen molar-refractivity contribution in [3.05, 3.63) is 34.3 Å². The molecule has 90 valence electrons. The number of benzene rings is 1. The van der Waals surface area contributed by atoms with Gasteiger partial charge in [0.05, 0.1) is 17.7 Å². The van der Waals surface area contributed by atoms with E-state index in [1.165, 1.54) is 7.11 Å². The summed E-state index contributed by atoms with van der Waals surface area (Å²) >= 11 is 6.06. The van der Waals surface area contributed by atoms with E-state index in [9.17, 15) is 4.79 Å². The number of carbonyl (C=O) groups excluding carboxylic acids is 1. The van der Waals surface area contributed by atoms with Gasteiger partial charge < -0.3 is 4.74 Å². The maximum atomic E-state index is 11.3. The third-order valence-electron chi connectivity index (χ3n) is 1.96. The molecule has 0 saturated carbocycles. The van der Waals surface area contributed by atoms with Crippen molar-refractivity contribution in [3.8, 4) is 11.5 Å². The molecule has 0 N–H and O–H groups in total. The number of rotatable bonds is 1.